The number of piperidine rings is 1. The maximum absolute atomic E-state index is 12.4. The zero-order valence-corrected chi connectivity index (χ0v) is 11.5. The van der Waals surface area contributed by atoms with Crippen LogP contribution in [0.5, 0.6) is 0 Å². The van der Waals surface area contributed by atoms with Crippen LogP contribution in [0.1, 0.15) is 26.7 Å². The van der Waals surface area contributed by atoms with Crippen LogP contribution in [0.4, 0.5) is 0 Å². The Labute approximate surface area is 113 Å². The van der Waals surface area contributed by atoms with Crippen molar-refractivity contribution in [1.29, 1.82) is 0 Å². The lowest BCUT2D eigenvalue weighted by atomic mass is 9.96. The Balaban J connectivity index is 1.99. The monoisotopic (exact) mass is 270 g/mol. The SMILES string of the molecule is CC1(C)CN(C(=O)C2CCC(=O)NC2)CC(CO)O1. The number of nitrogens with zero attached hydrogens (tertiary/aromatic N) is 1. The number of aliphatic hydroxyl groups is 1. The summed E-state index contributed by atoms with van der Waals surface area (Å²) in [6.07, 6.45) is 0.686. The molecule has 2 amide bonds. The van der Waals surface area contributed by atoms with Crippen molar-refractivity contribution in [2.45, 2.75) is 38.4 Å². The number of carbonyl (C=O) groups is 2. The normalized spacial score (nSPS) is 30.9. The molecular weight excluding hydrogens is 248 g/mol. The molecule has 2 N–H and O–H groups in total. The number of rotatable bonds is 2. The highest BCUT2D eigenvalue weighted by atomic mass is 16.5. The van der Waals surface area contributed by atoms with E-state index in [4.69, 9.17) is 4.74 Å². The predicted molar refractivity (Wildman–Crippen MR) is 68.4 cm³/mol. The van der Waals surface area contributed by atoms with Gasteiger partial charge in [0.15, 0.2) is 0 Å². The zero-order valence-electron chi connectivity index (χ0n) is 11.5. The van der Waals surface area contributed by atoms with Crippen molar-refractivity contribution in [3.63, 3.8) is 0 Å². The van der Waals surface area contributed by atoms with Gasteiger partial charge >= 0.3 is 0 Å². The van der Waals surface area contributed by atoms with E-state index in [2.05, 4.69) is 5.32 Å². The highest BCUT2D eigenvalue weighted by molar-refractivity contribution is 5.83. The van der Waals surface area contributed by atoms with Crippen molar-refractivity contribution >= 4 is 11.8 Å². The van der Waals surface area contributed by atoms with Gasteiger partial charge in [-0.25, -0.2) is 0 Å². The van der Waals surface area contributed by atoms with Crippen LogP contribution in [-0.2, 0) is 14.3 Å². The summed E-state index contributed by atoms with van der Waals surface area (Å²) in [7, 11) is 0. The van der Waals surface area contributed by atoms with Crippen LogP contribution in [0.3, 0.4) is 0 Å². The van der Waals surface area contributed by atoms with E-state index in [1.165, 1.54) is 0 Å². The number of nitrogens with one attached hydrogen (secondary N) is 1. The Morgan fingerprint density at radius 3 is 2.89 bits per heavy atom. The minimum absolute atomic E-state index is 0.0135. The molecule has 2 rings (SSSR count). The third kappa shape index (κ3) is 3.45. The van der Waals surface area contributed by atoms with Crippen LogP contribution in [0, 0.1) is 5.92 Å². The lowest BCUT2D eigenvalue weighted by Crippen LogP contribution is -2.57. The van der Waals surface area contributed by atoms with E-state index in [9.17, 15) is 14.7 Å². The Morgan fingerprint density at radius 2 is 2.32 bits per heavy atom. The second-order valence-corrected chi connectivity index (χ2v) is 5.94. The topological polar surface area (TPSA) is 78.9 Å². The number of amides is 2. The Morgan fingerprint density at radius 1 is 1.58 bits per heavy atom. The van der Waals surface area contributed by atoms with Crippen LogP contribution >= 0.6 is 0 Å². The van der Waals surface area contributed by atoms with Crippen LogP contribution in [0.2, 0.25) is 0 Å². The molecule has 2 saturated heterocycles. The molecule has 6 nitrogen and oxygen atoms in total. The molecule has 2 atom stereocenters. The van der Waals surface area contributed by atoms with Gasteiger partial charge in [0, 0.05) is 26.1 Å². The summed E-state index contributed by atoms with van der Waals surface area (Å²) in [5.41, 5.74) is -0.445. The summed E-state index contributed by atoms with van der Waals surface area (Å²) >= 11 is 0. The Bertz CT molecular complexity index is 360. The first-order valence-corrected chi connectivity index (χ1v) is 6.75. The van der Waals surface area contributed by atoms with Gasteiger partial charge in [-0.3, -0.25) is 9.59 Å². The third-order valence-corrected chi connectivity index (χ3v) is 3.61. The number of hydrogen-bond acceptors (Lipinski definition) is 4. The van der Waals surface area contributed by atoms with Crippen molar-refractivity contribution in [2.24, 2.45) is 5.92 Å². The zero-order chi connectivity index (χ0) is 14.0. The standard InChI is InChI=1S/C13H22N2O4/c1-13(2)8-15(6-10(7-16)19-13)12(18)9-3-4-11(17)14-5-9/h9-10,16H,3-8H2,1-2H3,(H,14,17). The van der Waals surface area contributed by atoms with Gasteiger partial charge in [0.1, 0.15) is 0 Å². The average molecular weight is 270 g/mol. The van der Waals surface area contributed by atoms with E-state index in [1.807, 2.05) is 13.8 Å². The number of morpholine rings is 1. The minimum atomic E-state index is -0.445. The molecule has 2 heterocycles. The van der Waals surface area contributed by atoms with Gasteiger partial charge in [0.25, 0.3) is 0 Å². The first kappa shape index (κ1) is 14.3. The average Bonchev–Trinajstić information content (AvgIpc) is 2.37. The highest BCUT2D eigenvalue weighted by Gasteiger charge is 2.38. The highest BCUT2D eigenvalue weighted by Crippen LogP contribution is 2.24. The number of hydrogen-bond donors (Lipinski definition) is 2. The number of aliphatic hydroxyl groups excluding tert-OH is 1. The fraction of sp³-hybridized carbons (Fsp3) is 0.846. The molecule has 108 valence electrons. The predicted octanol–water partition coefficient (Wildman–Crippen LogP) is -0.489. The number of carbonyl (C=O) groups excluding carboxylic acids is 2. The quantitative estimate of drug-likeness (QED) is 0.710. The first-order valence-electron chi connectivity index (χ1n) is 6.75. The van der Waals surface area contributed by atoms with Crippen LogP contribution < -0.4 is 5.32 Å². The molecule has 2 aliphatic rings. The van der Waals surface area contributed by atoms with E-state index in [0.717, 1.165) is 0 Å². The van der Waals surface area contributed by atoms with E-state index in [0.29, 0.717) is 32.5 Å². The van der Waals surface area contributed by atoms with Gasteiger partial charge in [0.05, 0.1) is 24.2 Å². The largest absolute Gasteiger partial charge is 0.394 e. The smallest absolute Gasteiger partial charge is 0.227 e. The maximum atomic E-state index is 12.4. The lowest BCUT2D eigenvalue weighted by molar-refractivity contribution is -0.170. The second kappa shape index (κ2) is 5.46. The molecule has 6 heteroatoms. The summed E-state index contributed by atoms with van der Waals surface area (Å²) in [6, 6.07) is 0. The summed E-state index contributed by atoms with van der Waals surface area (Å²) < 4.78 is 5.69. The molecule has 0 saturated carbocycles. The molecule has 0 radical (unpaired) electrons. The van der Waals surface area contributed by atoms with E-state index in [-0.39, 0.29) is 30.4 Å². The van der Waals surface area contributed by atoms with Crippen LogP contribution in [-0.4, -0.2) is 59.8 Å². The molecule has 0 spiro atoms. The Kier molecular flexibility index (Phi) is 4.10. The van der Waals surface area contributed by atoms with Crippen molar-refractivity contribution in [2.75, 3.05) is 26.2 Å². The fourth-order valence-corrected chi connectivity index (χ4v) is 2.76. The van der Waals surface area contributed by atoms with E-state index in [1.54, 1.807) is 4.90 Å². The van der Waals surface area contributed by atoms with E-state index >= 15 is 0 Å². The van der Waals surface area contributed by atoms with Crippen molar-refractivity contribution in [3.8, 4) is 0 Å². The minimum Gasteiger partial charge on any atom is -0.394 e. The molecule has 19 heavy (non-hydrogen) atoms. The van der Waals surface area contributed by atoms with Crippen molar-refractivity contribution in [3.05, 3.63) is 0 Å². The van der Waals surface area contributed by atoms with E-state index < -0.39 is 5.60 Å². The third-order valence-electron chi connectivity index (χ3n) is 3.61. The molecule has 0 bridgehead atoms. The summed E-state index contributed by atoms with van der Waals surface area (Å²) in [5.74, 6) is -0.0830. The van der Waals surface area contributed by atoms with Gasteiger partial charge in [-0.05, 0) is 20.3 Å². The van der Waals surface area contributed by atoms with Gasteiger partial charge in [-0.15, -0.1) is 0 Å². The van der Waals surface area contributed by atoms with Gasteiger partial charge in [0.2, 0.25) is 11.8 Å². The van der Waals surface area contributed by atoms with Crippen molar-refractivity contribution in [1.82, 2.24) is 10.2 Å². The summed E-state index contributed by atoms with van der Waals surface area (Å²) in [5, 5.41) is 12.0. The molecule has 2 aliphatic heterocycles. The maximum Gasteiger partial charge on any atom is 0.227 e. The molecular formula is C13H22N2O4. The number of ether oxygens (including phenoxy) is 1. The molecule has 0 aliphatic carbocycles. The molecule has 0 aromatic heterocycles. The fourth-order valence-electron chi connectivity index (χ4n) is 2.76. The molecule has 0 aromatic carbocycles. The van der Waals surface area contributed by atoms with Crippen molar-refractivity contribution < 1.29 is 19.4 Å². The molecule has 2 unspecified atom stereocenters. The summed E-state index contributed by atoms with van der Waals surface area (Å²) in [6.45, 7) is 5.10. The van der Waals surface area contributed by atoms with Crippen LogP contribution in [0.25, 0.3) is 0 Å². The summed E-state index contributed by atoms with van der Waals surface area (Å²) in [4.78, 5) is 25.3. The molecule has 0 aromatic rings. The van der Waals surface area contributed by atoms with Gasteiger partial charge in [-0.1, -0.05) is 0 Å². The Hall–Kier alpha value is -1.14. The second-order valence-electron chi connectivity index (χ2n) is 5.94. The molecule has 2 fully saturated rings. The van der Waals surface area contributed by atoms with Gasteiger partial charge < -0.3 is 20.1 Å². The first-order chi connectivity index (χ1) is 8.91. The van der Waals surface area contributed by atoms with Gasteiger partial charge in [-0.2, -0.15) is 0 Å². The lowest BCUT2D eigenvalue weighted by Gasteiger charge is -2.43. The van der Waals surface area contributed by atoms with Crippen LogP contribution in [0.15, 0.2) is 0 Å².